The maximum atomic E-state index is 12.9. The van der Waals surface area contributed by atoms with Gasteiger partial charge < -0.3 is 14.8 Å². The minimum absolute atomic E-state index is 0.0577. The number of amides is 1. The number of benzene rings is 2. The van der Waals surface area contributed by atoms with E-state index in [1.165, 1.54) is 0 Å². The number of aromatic nitrogens is 3. The molecule has 0 bridgehead atoms. The van der Waals surface area contributed by atoms with Crippen molar-refractivity contribution in [2.24, 2.45) is 0 Å². The summed E-state index contributed by atoms with van der Waals surface area (Å²) in [5, 5.41) is 7.68. The molecule has 3 aromatic rings. The van der Waals surface area contributed by atoms with E-state index in [4.69, 9.17) is 14.6 Å². The van der Waals surface area contributed by atoms with Gasteiger partial charge in [0.25, 0.3) is 0 Å². The lowest BCUT2D eigenvalue weighted by Gasteiger charge is -2.31. The minimum Gasteiger partial charge on any atom is -0.486 e. The quantitative estimate of drug-likeness (QED) is 0.563. The number of anilines is 1. The van der Waals surface area contributed by atoms with Crippen molar-refractivity contribution in [2.75, 3.05) is 38.2 Å². The van der Waals surface area contributed by atoms with Crippen LogP contribution in [0.1, 0.15) is 37.1 Å². The Morgan fingerprint density at radius 1 is 1.06 bits per heavy atom. The SMILES string of the molecule is CCn1c(C2CCN(CC(=O)Nc3ccc4c(c3)OCCO4)CC2)nn(Cc2ccccc2)c1=O. The summed E-state index contributed by atoms with van der Waals surface area (Å²) in [4.78, 5) is 27.7. The number of piperidine rings is 1. The summed E-state index contributed by atoms with van der Waals surface area (Å²) >= 11 is 0. The van der Waals surface area contributed by atoms with Gasteiger partial charge in [-0.1, -0.05) is 30.3 Å². The second-order valence-electron chi connectivity index (χ2n) is 8.99. The van der Waals surface area contributed by atoms with Crippen LogP contribution < -0.4 is 20.5 Å². The normalized spacial score (nSPS) is 16.3. The molecule has 0 saturated carbocycles. The number of rotatable bonds is 7. The summed E-state index contributed by atoms with van der Waals surface area (Å²) in [5.74, 6) is 2.36. The highest BCUT2D eigenvalue weighted by Gasteiger charge is 2.27. The van der Waals surface area contributed by atoms with Crippen LogP contribution in [0.25, 0.3) is 0 Å². The van der Waals surface area contributed by atoms with E-state index in [1.54, 1.807) is 15.3 Å². The third-order valence-electron chi connectivity index (χ3n) is 6.59. The fraction of sp³-hybridized carbons (Fsp3) is 0.423. The number of hydrogen-bond acceptors (Lipinski definition) is 6. The van der Waals surface area contributed by atoms with Crippen LogP contribution in [-0.4, -0.2) is 58.0 Å². The standard InChI is InChI=1S/C26H31N5O4/c1-2-30-25(28-31(26(30)33)17-19-6-4-3-5-7-19)20-10-12-29(13-11-20)18-24(32)27-21-8-9-22-23(16-21)35-15-14-34-22/h3-9,16,20H,2,10-15,17-18H2,1H3,(H,27,32). The molecule has 5 rings (SSSR count). The number of nitrogens with zero attached hydrogens (tertiary/aromatic N) is 4. The molecule has 3 heterocycles. The molecule has 1 N–H and O–H groups in total. The molecule has 1 amide bonds. The van der Waals surface area contributed by atoms with E-state index in [1.807, 2.05) is 49.4 Å². The van der Waals surface area contributed by atoms with Crippen LogP contribution in [0.3, 0.4) is 0 Å². The number of hydrogen-bond donors (Lipinski definition) is 1. The van der Waals surface area contributed by atoms with E-state index in [9.17, 15) is 9.59 Å². The molecule has 184 valence electrons. The maximum Gasteiger partial charge on any atom is 0.346 e. The number of fused-ring (bicyclic) bond motifs is 1. The molecule has 1 fully saturated rings. The van der Waals surface area contributed by atoms with Crippen molar-refractivity contribution >= 4 is 11.6 Å². The molecule has 2 aromatic carbocycles. The summed E-state index contributed by atoms with van der Waals surface area (Å²) in [6.07, 6.45) is 1.72. The molecule has 0 spiro atoms. The van der Waals surface area contributed by atoms with Crippen molar-refractivity contribution in [1.82, 2.24) is 19.2 Å². The molecule has 0 atom stereocenters. The average molecular weight is 478 g/mol. The molecule has 0 unspecified atom stereocenters. The topological polar surface area (TPSA) is 90.6 Å². The number of likely N-dealkylation sites (tertiary alicyclic amines) is 1. The van der Waals surface area contributed by atoms with Crippen molar-refractivity contribution in [2.45, 2.75) is 38.8 Å². The van der Waals surface area contributed by atoms with Gasteiger partial charge in [-0.2, -0.15) is 5.10 Å². The van der Waals surface area contributed by atoms with Gasteiger partial charge in [0.15, 0.2) is 11.5 Å². The second kappa shape index (κ2) is 10.4. The largest absolute Gasteiger partial charge is 0.486 e. The van der Waals surface area contributed by atoms with Crippen LogP contribution in [0, 0.1) is 0 Å². The number of nitrogens with one attached hydrogen (secondary N) is 1. The van der Waals surface area contributed by atoms with E-state index in [-0.39, 0.29) is 17.5 Å². The van der Waals surface area contributed by atoms with Crippen LogP contribution in [0.4, 0.5) is 5.69 Å². The number of carbonyl (C=O) groups is 1. The van der Waals surface area contributed by atoms with Gasteiger partial charge in [-0.15, -0.1) is 0 Å². The molecule has 2 aliphatic rings. The summed E-state index contributed by atoms with van der Waals surface area (Å²) in [7, 11) is 0. The van der Waals surface area contributed by atoms with E-state index < -0.39 is 0 Å². The first-order chi connectivity index (χ1) is 17.1. The van der Waals surface area contributed by atoms with Crippen LogP contribution in [0.15, 0.2) is 53.3 Å². The van der Waals surface area contributed by atoms with Gasteiger partial charge in [-0.3, -0.25) is 14.3 Å². The first-order valence-electron chi connectivity index (χ1n) is 12.2. The minimum atomic E-state index is -0.0624. The molecule has 9 nitrogen and oxygen atoms in total. The van der Waals surface area contributed by atoms with E-state index >= 15 is 0 Å². The predicted molar refractivity (Wildman–Crippen MR) is 132 cm³/mol. The van der Waals surface area contributed by atoms with Crippen LogP contribution >= 0.6 is 0 Å². The highest BCUT2D eigenvalue weighted by molar-refractivity contribution is 5.92. The molecule has 2 aliphatic heterocycles. The Bertz CT molecular complexity index is 1230. The first kappa shape index (κ1) is 23.2. The van der Waals surface area contributed by atoms with E-state index in [2.05, 4.69) is 10.2 Å². The van der Waals surface area contributed by atoms with Crippen LogP contribution in [0.5, 0.6) is 11.5 Å². The zero-order valence-electron chi connectivity index (χ0n) is 20.0. The third-order valence-corrected chi connectivity index (χ3v) is 6.59. The lowest BCUT2D eigenvalue weighted by atomic mass is 9.96. The Morgan fingerprint density at radius 2 is 1.80 bits per heavy atom. The molecule has 9 heteroatoms. The fourth-order valence-electron chi connectivity index (χ4n) is 4.79. The summed E-state index contributed by atoms with van der Waals surface area (Å²) < 4.78 is 14.5. The van der Waals surface area contributed by atoms with Gasteiger partial charge in [-0.25, -0.2) is 9.48 Å². The zero-order valence-corrected chi connectivity index (χ0v) is 20.0. The van der Waals surface area contributed by atoms with Gasteiger partial charge in [0.1, 0.15) is 19.0 Å². The molecule has 0 radical (unpaired) electrons. The average Bonchev–Trinajstić information content (AvgIpc) is 3.19. The molecule has 1 aromatic heterocycles. The summed E-state index contributed by atoms with van der Waals surface area (Å²) in [6.45, 7) is 5.98. The Morgan fingerprint density at radius 3 is 2.54 bits per heavy atom. The molecular formula is C26H31N5O4. The van der Waals surface area contributed by atoms with Gasteiger partial charge in [0.05, 0.1) is 13.1 Å². The van der Waals surface area contributed by atoms with Crippen molar-refractivity contribution in [3.05, 3.63) is 70.4 Å². The Labute approximate surface area is 204 Å². The van der Waals surface area contributed by atoms with Gasteiger partial charge in [-0.05, 0) is 50.6 Å². The van der Waals surface area contributed by atoms with Gasteiger partial charge >= 0.3 is 5.69 Å². The third kappa shape index (κ3) is 5.24. The zero-order chi connectivity index (χ0) is 24.2. The molecular weight excluding hydrogens is 446 g/mol. The fourth-order valence-corrected chi connectivity index (χ4v) is 4.79. The van der Waals surface area contributed by atoms with Crippen molar-refractivity contribution in [1.29, 1.82) is 0 Å². The monoisotopic (exact) mass is 477 g/mol. The lowest BCUT2D eigenvalue weighted by molar-refractivity contribution is -0.117. The van der Waals surface area contributed by atoms with E-state index in [0.717, 1.165) is 37.3 Å². The molecule has 35 heavy (non-hydrogen) atoms. The van der Waals surface area contributed by atoms with Gasteiger partial charge in [0, 0.05) is 24.2 Å². The Hall–Kier alpha value is -3.59. The van der Waals surface area contributed by atoms with Crippen LogP contribution in [0.2, 0.25) is 0 Å². The highest BCUT2D eigenvalue weighted by atomic mass is 16.6. The van der Waals surface area contributed by atoms with Crippen LogP contribution in [-0.2, 0) is 17.9 Å². The first-order valence-corrected chi connectivity index (χ1v) is 12.2. The maximum absolute atomic E-state index is 12.9. The smallest absolute Gasteiger partial charge is 0.346 e. The van der Waals surface area contributed by atoms with Crippen molar-refractivity contribution < 1.29 is 14.3 Å². The Balaban J connectivity index is 1.18. The second-order valence-corrected chi connectivity index (χ2v) is 8.99. The predicted octanol–water partition coefficient (Wildman–Crippen LogP) is 2.70. The highest BCUT2D eigenvalue weighted by Crippen LogP contribution is 2.32. The lowest BCUT2D eigenvalue weighted by Crippen LogP contribution is -2.39. The summed E-state index contributed by atoms with van der Waals surface area (Å²) in [5.41, 5.74) is 1.69. The molecule has 1 saturated heterocycles. The van der Waals surface area contributed by atoms with Crippen molar-refractivity contribution in [3.63, 3.8) is 0 Å². The van der Waals surface area contributed by atoms with E-state index in [0.29, 0.717) is 50.0 Å². The number of ether oxygens (including phenoxy) is 2. The summed E-state index contributed by atoms with van der Waals surface area (Å²) in [6, 6.07) is 15.4. The van der Waals surface area contributed by atoms with Crippen molar-refractivity contribution in [3.8, 4) is 11.5 Å². The van der Waals surface area contributed by atoms with Gasteiger partial charge in [0.2, 0.25) is 5.91 Å². The molecule has 0 aliphatic carbocycles. The Kier molecular flexibility index (Phi) is 6.85. The number of carbonyl (C=O) groups excluding carboxylic acids is 1.